The van der Waals surface area contributed by atoms with E-state index in [1.807, 2.05) is 51.9 Å². The number of benzene rings is 1. The summed E-state index contributed by atoms with van der Waals surface area (Å²) in [6.07, 6.45) is -0.0265. The molecule has 5 heteroatoms. The number of hydrogen-bond donors (Lipinski definition) is 0. The lowest BCUT2D eigenvalue weighted by atomic mass is 10.1. The number of amides is 1. The van der Waals surface area contributed by atoms with Crippen molar-refractivity contribution in [3.05, 3.63) is 35.4 Å². The molecule has 0 aromatic heterocycles. The van der Waals surface area contributed by atoms with E-state index >= 15 is 0 Å². The monoisotopic (exact) mass is 301 g/mol. The van der Waals surface area contributed by atoms with E-state index in [9.17, 15) is 4.79 Å². The van der Waals surface area contributed by atoms with E-state index < -0.39 is 11.7 Å². The molecule has 0 bridgehead atoms. The van der Waals surface area contributed by atoms with Gasteiger partial charge in [-0.3, -0.25) is 0 Å². The molecule has 1 aromatic carbocycles. The second-order valence-corrected chi connectivity index (χ2v) is 6.38. The van der Waals surface area contributed by atoms with Crippen molar-refractivity contribution in [3.63, 3.8) is 0 Å². The van der Waals surface area contributed by atoms with Crippen LogP contribution in [0.4, 0.5) is 4.79 Å². The van der Waals surface area contributed by atoms with E-state index in [-0.39, 0.29) is 0 Å². The van der Waals surface area contributed by atoms with Gasteiger partial charge in [0.1, 0.15) is 5.60 Å². The van der Waals surface area contributed by atoms with Crippen LogP contribution >= 0.6 is 0 Å². The molecule has 0 atom stereocenters. The first-order chi connectivity index (χ1) is 10.2. The van der Waals surface area contributed by atoms with Crippen LogP contribution in [0.3, 0.4) is 0 Å². The van der Waals surface area contributed by atoms with Gasteiger partial charge >= 0.3 is 6.09 Å². The summed E-state index contributed by atoms with van der Waals surface area (Å²) in [5.74, 6) is 0. The third-order valence-electron chi connectivity index (χ3n) is 2.63. The van der Waals surface area contributed by atoms with Gasteiger partial charge in [0.05, 0.1) is 11.6 Å². The minimum Gasteiger partial charge on any atom is -0.442 e. The fourth-order valence-electron chi connectivity index (χ4n) is 1.84. The molecule has 22 heavy (non-hydrogen) atoms. The lowest BCUT2D eigenvalue weighted by Gasteiger charge is -2.18. The van der Waals surface area contributed by atoms with Crippen LogP contribution in [-0.2, 0) is 11.2 Å². The van der Waals surface area contributed by atoms with Crippen LogP contribution in [0.25, 0.3) is 0 Å². The molecule has 0 aliphatic heterocycles. The summed E-state index contributed by atoms with van der Waals surface area (Å²) >= 11 is 0. The minimum absolute atomic E-state index is 0.545. The average molecular weight is 301 g/mol. The maximum Gasteiger partial charge on any atom is 0.434 e. The van der Waals surface area contributed by atoms with Crippen molar-refractivity contribution in [3.8, 4) is 6.07 Å². The first kappa shape index (κ1) is 17.9. The third-order valence-corrected chi connectivity index (χ3v) is 2.63. The standard InChI is InChI=1S/C17H23N3O2/c1-17(2,3)22-16(21)19-15(12-20(4)5)10-13-6-8-14(11-18)9-7-13/h6-9H,10,12H2,1-5H3/b19-15-. The molecule has 5 nitrogen and oxygen atoms in total. The van der Waals surface area contributed by atoms with Gasteiger partial charge in [-0.1, -0.05) is 12.1 Å². The largest absolute Gasteiger partial charge is 0.442 e. The molecule has 1 amide bonds. The van der Waals surface area contributed by atoms with Gasteiger partial charge in [-0.2, -0.15) is 10.3 Å². The van der Waals surface area contributed by atoms with Gasteiger partial charge in [0.25, 0.3) is 0 Å². The topological polar surface area (TPSA) is 65.7 Å². The zero-order valence-corrected chi connectivity index (χ0v) is 13.9. The van der Waals surface area contributed by atoms with E-state index in [4.69, 9.17) is 10.00 Å². The normalized spacial score (nSPS) is 12.1. The number of carbonyl (C=O) groups is 1. The van der Waals surface area contributed by atoms with E-state index in [0.717, 1.165) is 11.3 Å². The summed E-state index contributed by atoms with van der Waals surface area (Å²) in [5.41, 5.74) is 1.78. The molecule has 0 spiro atoms. The molecule has 118 valence electrons. The first-order valence-electron chi connectivity index (χ1n) is 7.13. The second-order valence-electron chi connectivity index (χ2n) is 6.38. The molecule has 0 saturated carbocycles. The highest BCUT2D eigenvalue weighted by Gasteiger charge is 2.16. The van der Waals surface area contributed by atoms with Crippen molar-refractivity contribution in [2.75, 3.05) is 20.6 Å². The summed E-state index contributed by atoms with van der Waals surface area (Å²) in [6, 6.07) is 9.35. The van der Waals surface area contributed by atoms with Crippen molar-refractivity contribution in [2.45, 2.75) is 32.8 Å². The highest BCUT2D eigenvalue weighted by atomic mass is 16.6. The van der Waals surface area contributed by atoms with Gasteiger partial charge in [-0.25, -0.2) is 4.79 Å². The predicted molar refractivity (Wildman–Crippen MR) is 87.1 cm³/mol. The zero-order chi connectivity index (χ0) is 16.8. The van der Waals surface area contributed by atoms with E-state index in [1.165, 1.54) is 0 Å². The lowest BCUT2D eigenvalue weighted by molar-refractivity contribution is 0.0603. The Kier molecular flexibility index (Phi) is 6.26. The summed E-state index contributed by atoms with van der Waals surface area (Å²) in [5, 5.41) is 8.81. The Hall–Kier alpha value is -2.19. The predicted octanol–water partition coefficient (Wildman–Crippen LogP) is 3.04. The van der Waals surface area contributed by atoms with Crippen LogP contribution in [0.5, 0.6) is 0 Å². The maximum atomic E-state index is 11.9. The van der Waals surface area contributed by atoms with Crippen LogP contribution < -0.4 is 0 Å². The highest BCUT2D eigenvalue weighted by molar-refractivity contribution is 5.96. The fraction of sp³-hybridized carbons (Fsp3) is 0.471. The Morgan fingerprint density at radius 1 is 1.27 bits per heavy atom. The Morgan fingerprint density at radius 2 is 1.86 bits per heavy atom. The fourth-order valence-corrected chi connectivity index (χ4v) is 1.84. The van der Waals surface area contributed by atoms with Crippen molar-refractivity contribution < 1.29 is 9.53 Å². The van der Waals surface area contributed by atoms with Gasteiger partial charge in [0.2, 0.25) is 0 Å². The smallest absolute Gasteiger partial charge is 0.434 e. The van der Waals surface area contributed by atoms with E-state index in [2.05, 4.69) is 11.1 Å². The number of rotatable bonds is 4. The Labute approximate surface area is 132 Å². The molecular weight excluding hydrogens is 278 g/mol. The Bertz CT molecular complexity index is 575. The molecular formula is C17H23N3O2. The summed E-state index contributed by atoms with van der Waals surface area (Å²) < 4.78 is 5.24. The number of hydrogen-bond acceptors (Lipinski definition) is 4. The second kappa shape index (κ2) is 7.71. The molecule has 1 rings (SSSR count). The van der Waals surface area contributed by atoms with E-state index in [0.29, 0.717) is 18.5 Å². The van der Waals surface area contributed by atoms with Crippen molar-refractivity contribution >= 4 is 11.8 Å². The summed E-state index contributed by atoms with van der Waals surface area (Å²) in [4.78, 5) is 17.9. The molecule has 0 unspecified atom stereocenters. The summed E-state index contributed by atoms with van der Waals surface area (Å²) in [7, 11) is 3.84. The van der Waals surface area contributed by atoms with Gasteiger partial charge in [-0.15, -0.1) is 0 Å². The molecule has 0 N–H and O–H groups in total. The first-order valence-corrected chi connectivity index (χ1v) is 7.13. The molecule has 0 radical (unpaired) electrons. The minimum atomic E-state index is -0.571. The lowest BCUT2D eigenvalue weighted by Crippen LogP contribution is -2.27. The molecule has 1 aromatic rings. The molecule has 0 aliphatic rings. The van der Waals surface area contributed by atoms with Gasteiger partial charge < -0.3 is 9.64 Å². The van der Waals surface area contributed by atoms with Gasteiger partial charge in [0.15, 0.2) is 0 Å². The van der Waals surface area contributed by atoms with E-state index in [1.54, 1.807) is 12.1 Å². The molecule has 0 heterocycles. The number of nitrogens with zero attached hydrogens (tertiary/aromatic N) is 3. The number of nitriles is 1. The Balaban J connectivity index is 2.87. The molecule has 0 saturated heterocycles. The number of ether oxygens (including phenoxy) is 1. The van der Waals surface area contributed by atoms with Crippen molar-refractivity contribution in [2.24, 2.45) is 4.99 Å². The maximum absolute atomic E-state index is 11.9. The van der Waals surface area contributed by atoms with Crippen molar-refractivity contribution in [1.82, 2.24) is 4.90 Å². The average Bonchev–Trinajstić information content (AvgIpc) is 2.36. The van der Waals surface area contributed by atoms with Gasteiger partial charge in [0, 0.05) is 18.7 Å². The summed E-state index contributed by atoms with van der Waals surface area (Å²) in [6.45, 7) is 6.01. The van der Waals surface area contributed by atoms with Crippen molar-refractivity contribution in [1.29, 1.82) is 5.26 Å². The van der Waals surface area contributed by atoms with Crippen LogP contribution in [0, 0.1) is 11.3 Å². The van der Waals surface area contributed by atoms with Crippen LogP contribution in [0.15, 0.2) is 29.3 Å². The molecule has 0 aliphatic carbocycles. The highest BCUT2D eigenvalue weighted by Crippen LogP contribution is 2.10. The Morgan fingerprint density at radius 3 is 2.32 bits per heavy atom. The van der Waals surface area contributed by atoms with Crippen LogP contribution in [0.2, 0.25) is 0 Å². The molecule has 0 fully saturated rings. The zero-order valence-electron chi connectivity index (χ0n) is 13.9. The van der Waals surface area contributed by atoms with Crippen LogP contribution in [0.1, 0.15) is 31.9 Å². The quantitative estimate of drug-likeness (QED) is 0.802. The number of carbonyl (C=O) groups excluding carboxylic acids is 1. The van der Waals surface area contributed by atoms with Gasteiger partial charge in [-0.05, 0) is 52.6 Å². The SMILES string of the molecule is CN(C)C/C(Cc1ccc(C#N)cc1)=N\C(=O)OC(C)(C)C. The van der Waals surface area contributed by atoms with Crippen LogP contribution in [-0.4, -0.2) is 42.9 Å². The number of aliphatic imine (C=N–C) groups is 1. The third kappa shape index (κ3) is 7.00.